The van der Waals surface area contributed by atoms with Gasteiger partial charge in [-0.1, -0.05) is 13.8 Å². The number of nitrogens with one attached hydrogen (secondary N) is 1. The number of halogens is 2. The number of alkyl halides is 2. The summed E-state index contributed by atoms with van der Waals surface area (Å²) in [6, 6.07) is 4.18. The van der Waals surface area contributed by atoms with Crippen LogP contribution in [0.2, 0.25) is 0 Å². The van der Waals surface area contributed by atoms with Crippen LogP contribution in [0.15, 0.2) is 41.7 Å². The van der Waals surface area contributed by atoms with Gasteiger partial charge in [-0.05, 0) is 30.2 Å². The predicted octanol–water partition coefficient (Wildman–Crippen LogP) is 2.04. The third-order valence-corrected chi connectivity index (χ3v) is 5.54. The third-order valence-electron chi connectivity index (χ3n) is 4.15. The molecule has 0 saturated heterocycles. The summed E-state index contributed by atoms with van der Waals surface area (Å²) in [5.74, 6) is -4.85. The number of carbonyl (C=O) groups excluding carboxylic acids is 2. The lowest BCUT2D eigenvalue weighted by molar-refractivity contribution is -0.119. The first-order valence-corrected chi connectivity index (χ1v) is 10.4. The summed E-state index contributed by atoms with van der Waals surface area (Å²) in [6.07, 6.45) is 2.59. The molecule has 2 aromatic heterocycles. The normalized spacial score (nSPS) is 11.8. The molecule has 0 fully saturated rings. The van der Waals surface area contributed by atoms with E-state index in [1.807, 2.05) is 13.8 Å². The number of amides is 1. The van der Waals surface area contributed by atoms with Crippen molar-refractivity contribution in [2.75, 3.05) is 11.9 Å². The first-order chi connectivity index (χ1) is 14.6. The number of ether oxygens (including phenoxy) is 1. The van der Waals surface area contributed by atoms with Crippen LogP contribution >= 0.6 is 0 Å². The number of nitrogens with zero attached hydrogens (tertiary/aromatic N) is 4. The lowest BCUT2D eigenvalue weighted by atomic mass is 10.1. The molecule has 164 valence electrons. The van der Waals surface area contributed by atoms with Crippen molar-refractivity contribution in [1.82, 2.24) is 19.6 Å². The minimum atomic E-state index is -4.73. The molecule has 1 amide bonds. The number of fused-ring (bicyclic) bond motifs is 1. The number of rotatable bonds is 7. The molecule has 10 nitrogen and oxygen atoms in total. The summed E-state index contributed by atoms with van der Waals surface area (Å²) in [7, 11) is -4.73. The Kier molecular flexibility index (Phi) is 6.24. The van der Waals surface area contributed by atoms with Crippen LogP contribution in [0.3, 0.4) is 0 Å². The van der Waals surface area contributed by atoms with E-state index in [9.17, 15) is 26.8 Å². The second kappa shape index (κ2) is 8.71. The van der Waals surface area contributed by atoms with Gasteiger partial charge in [0.1, 0.15) is 6.33 Å². The first kappa shape index (κ1) is 22.2. The maximum Gasteiger partial charge on any atom is 0.342 e. The second-order valence-electron chi connectivity index (χ2n) is 6.64. The molecule has 1 aromatic carbocycles. The van der Waals surface area contributed by atoms with E-state index in [0.29, 0.717) is 11.5 Å². The highest BCUT2D eigenvalue weighted by Gasteiger charge is 2.26. The molecule has 0 spiro atoms. The van der Waals surface area contributed by atoms with Crippen molar-refractivity contribution in [3.05, 3.63) is 48.0 Å². The smallest absolute Gasteiger partial charge is 0.342 e. The average molecular weight is 453 g/mol. The Morgan fingerprint density at radius 1 is 1.16 bits per heavy atom. The number of hydrogen-bond acceptors (Lipinski definition) is 8. The number of benzene rings is 1. The lowest BCUT2D eigenvalue weighted by Crippen LogP contribution is -2.22. The van der Waals surface area contributed by atoms with Crippen LogP contribution in [0.5, 0.6) is 0 Å². The van der Waals surface area contributed by atoms with Gasteiger partial charge in [0, 0.05) is 11.9 Å². The van der Waals surface area contributed by atoms with Gasteiger partial charge >= 0.3 is 11.7 Å². The van der Waals surface area contributed by atoms with E-state index in [4.69, 9.17) is 4.74 Å². The molecular weight excluding hydrogens is 436 g/mol. The number of carbonyl (C=O) groups is 2. The van der Waals surface area contributed by atoms with Crippen LogP contribution in [0.1, 0.15) is 35.8 Å². The molecule has 2 heterocycles. The highest BCUT2D eigenvalue weighted by Crippen LogP contribution is 2.21. The Hall–Kier alpha value is -3.48. The molecule has 1 N–H and O–H groups in total. The Bertz CT molecular complexity index is 1230. The zero-order chi connectivity index (χ0) is 22.8. The van der Waals surface area contributed by atoms with Crippen LogP contribution in [0.25, 0.3) is 5.78 Å². The highest BCUT2D eigenvalue weighted by atomic mass is 32.2. The van der Waals surface area contributed by atoms with Gasteiger partial charge in [0.2, 0.25) is 9.84 Å². The molecule has 0 atom stereocenters. The van der Waals surface area contributed by atoms with Gasteiger partial charge < -0.3 is 10.1 Å². The van der Waals surface area contributed by atoms with Crippen molar-refractivity contribution in [2.45, 2.75) is 30.4 Å². The number of anilines is 1. The maximum atomic E-state index is 12.6. The molecule has 3 aromatic rings. The van der Waals surface area contributed by atoms with E-state index in [1.54, 1.807) is 0 Å². The zero-order valence-corrected chi connectivity index (χ0v) is 17.1. The fourth-order valence-electron chi connectivity index (χ4n) is 2.75. The lowest BCUT2D eigenvalue weighted by Gasteiger charge is -2.13. The average Bonchev–Trinajstić information content (AvgIpc) is 3.20. The summed E-state index contributed by atoms with van der Waals surface area (Å²) >= 11 is 0. The Morgan fingerprint density at radius 2 is 1.84 bits per heavy atom. The van der Waals surface area contributed by atoms with E-state index >= 15 is 0 Å². The van der Waals surface area contributed by atoms with Crippen molar-refractivity contribution in [3.63, 3.8) is 0 Å². The van der Waals surface area contributed by atoms with Crippen molar-refractivity contribution in [2.24, 2.45) is 0 Å². The molecule has 0 bridgehead atoms. The zero-order valence-electron chi connectivity index (χ0n) is 16.3. The quantitative estimate of drug-likeness (QED) is 0.538. The molecule has 0 unspecified atom stereocenters. The molecule has 31 heavy (non-hydrogen) atoms. The van der Waals surface area contributed by atoms with Gasteiger partial charge in [-0.3, -0.25) is 4.79 Å². The van der Waals surface area contributed by atoms with E-state index in [-0.39, 0.29) is 17.2 Å². The van der Waals surface area contributed by atoms with E-state index < -0.39 is 39.0 Å². The second-order valence-corrected chi connectivity index (χ2v) is 8.56. The van der Waals surface area contributed by atoms with Crippen LogP contribution in [-0.4, -0.2) is 52.2 Å². The van der Waals surface area contributed by atoms with Gasteiger partial charge in [0.15, 0.2) is 6.61 Å². The molecule has 0 aliphatic rings. The largest absolute Gasteiger partial charge is 0.452 e. The minimum absolute atomic E-state index is 0.119. The summed E-state index contributed by atoms with van der Waals surface area (Å²) in [5.41, 5.74) is 0.786. The Labute approximate surface area is 175 Å². The van der Waals surface area contributed by atoms with Crippen molar-refractivity contribution < 1.29 is 31.5 Å². The van der Waals surface area contributed by atoms with Crippen LogP contribution in [0, 0.1) is 0 Å². The van der Waals surface area contributed by atoms with Crippen molar-refractivity contribution in [1.29, 1.82) is 0 Å². The van der Waals surface area contributed by atoms with E-state index in [2.05, 4.69) is 20.4 Å². The predicted molar refractivity (Wildman–Crippen MR) is 103 cm³/mol. The molecule has 0 saturated carbocycles. The molecule has 0 aliphatic heterocycles. The van der Waals surface area contributed by atoms with Crippen LogP contribution < -0.4 is 5.32 Å². The number of esters is 1. The molecule has 0 aliphatic carbocycles. The van der Waals surface area contributed by atoms with Gasteiger partial charge in [0.25, 0.3) is 11.7 Å². The molecule has 0 radical (unpaired) electrons. The van der Waals surface area contributed by atoms with Crippen molar-refractivity contribution in [3.8, 4) is 0 Å². The highest BCUT2D eigenvalue weighted by molar-refractivity contribution is 7.91. The molecule has 3 rings (SSSR count). The topological polar surface area (TPSA) is 133 Å². The van der Waals surface area contributed by atoms with Crippen LogP contribution in [-0.2, 0) is 19.4 Å². The summed E-state index contributed by atoms with van der Waals surface area (Å²) in [4.78, 5) is 31.9. The van der Waals surface area contributed by atoms with Crippen LogP contribution in [0.4, 0.5) is 14.5 Å². The number of sulfone groups is 1. The minimum Gasteiger partial charge on any atom is -0.452 e. The number of aromatic nitrogens is 4. The monoisotopic (exact) mass is 453 g/mol. The summed E-state index contributed by atoms with van der Waals surface area (Å²) < 4.78 is 54.4. The Morgan fingerprint density at radius 3 is 2.45 bits per heavy atom. The van der Waals surface area contributed by atoms with Crippen molar-refractivity contribution >= 4 is 33.2 Å². The first-order valence-electron chi connectivity index (χ1n) is 8.89. The fraction of sp³-hybridized carbons (Fsp3) is 0.278. The van der Waals surface area contributed by atoms with Gasteiger partial charge in [-0.15, -0.1) is 0 Å². The molecular formula is C18H17F2N5O5S. The SMILES string of the molecule is CC(C)c1c(C(=O)OCC(=O)Nc2ccc(S(=O)(=O)C(F)F)cc2)cnc2ncnn12. The van der Waals surface area contributed by atoms with E-state index in [1.165, 1.54) is 17.0 Å². The Balaban J connectivity index is 1.66. The van der Waals surface area contributed by atoms with Gasteiger partial charge in [0.05, 0.1) is 16.2 Å². The van der Waals surface area contributed by atoms with E-state index in [0.717, 1.165) is 24.3 Å². The maximum absolute atomic E-state index is 12.6. The number of hydrogen-bond donors (Lipinski definition) is 1. The standard InChI is InChI=1S/C18H17F2N5O5S/c1-10(2)15-13(7-21-18-22-9-23-25(15)18)16(27)30-8-14(26)24-11-3-5-12(6-4-11)31(28,29)17(19)20/h3-7,9-10,17H,8H2,1-2H3,(H,24,26). The summed E-state index contributed by atoms with van der Waals surface area (Å²) in [5, 5.41) is 6.41. The van der Waals surface area contributed by atoms with Gasteiger partial charge in [-0.25, -0.2) is 22.7 Å². The third kappa shape index (κ3) is 4.66. The fourth-order valence-corrected chi connectivity index (χ4v) is 3.47. The van der Waals surface area contributed by atoms with Gasteiger partial charge in [-0.2, -0.15) is 18.9 Å². The summed E-state index contributed by atoms with van der Waals surface area (Å²) in [6.45, 7) is 3.05. The molecule has 13 heteroatoms.